The monoisotopic (exact) mass is 461 g/mol. The van der Waals surface area contributed by atoms with Crippen LogP contribution in [0.5, 0.6) is 0 Å². The Morgan fingerprint density at radius 1 is 0.667 bits per heavy atom. The number of nitrogens with zero attached hydrogens (tertiary/aromatic N) is 1. The van der Waals surface area contributed by atoms with E-state index in [1.54, 1.807) is 4.90 Å². The van der Waals surface area contributed by atoms with E-state index in [0.29, 0.717) is 12.8 Å². The summed E-state index contributed by atoms with van der Waals surface area (Å²) in [5.41, 5.74) is 1.23. The molecule has 3 nitrogen and oxygen atoms in total. The summed E-state index contributed by atoms with van der Waals surface area (Å²) in [6.45, 7) is 6.65. The number of hydrogen-bond donors (Lipinski definition) is 0. The summed E-state index contributed by atoms with van der Waals surface area (Å²) >= 11 is 0. The highest BCUT2D eigenvalue weighted by Gasteiger charge is 2.35. The van der Waals surface area contributed by atoms with Crippen molar-refractivity contribution in [1.29, 1.82) is 0 Å². The highest BCUT2D eigenvalue weighted by molar-refractivity contribution is 6.02. The van der Waals surface area contributed by atoms with Crippen molar-refractivity contribution in [1.82, 2.24) is 4.90 Å². The molecule has 0 aliphatic carbocycles. The Hall–Kier alpha value is -1.12. The summed E-state index contributed by atoms with van der Waals surface area (Å²) in [7, 11) is 0. The van der Waals surface area contributed by atoms with E-state index >= 15 is 0 Å². The SMILES string of the molecule is CCCCCCCCCCCCCCCC=C(C)C(CCCCCCC)N1C(=O)CCC1=O. The number of allylic oxidation sites excluding steroid dienone is 1. The Labute approximate surface area is 206 Å². The number of carbonyl (C=O) groups excluding carboxylic acids is 2. The molecule has 0 bridgehead atoms. The van der Waals surface area contributed by atoms with Gasteiger partial charge in [0.1, 0.15) is 0 Å². The predicted octanol–water partition coefficient (Wildman–Crippen LogP) is 9.29. The maximum Gasteiger partial charge on any atom is 0.230 e. The van der Waals surface area contributed by atoms with Gasteiger partial charge in [-0.2, -0.15) is 0 Å². The molecule has 0 radical (unpaired) electrons. The minimum Gasteiger partial charge on any atom is -0.275 e. The van der Waals surface area contributed by atoms with Gasteiger partial charge in [0, 0.05) is 12.8 Å². The molecule has 1 atom stereocenters. The Kier molecular flexibility index (Phi) is 18.4. The van der Waals surface area contributed by atoms with E-state index in [4.69, 9.17) is 0 Å². The number of amides is 2. The third kappa shape index (κ3) is 14.0. The van der Waals surface area contributed by atoms with Crippen molar-refractivity contribution < 1.29 is 9.59 Å². The van der Waals surface area contributed by atoms with Crippen LogP contribution in [0.2, 0.25) is 0 Å². The van der Waals surface area contributed by atoms with E-state index in [1.165, 1.54) is 115 Å². The maximum absolute atomic E-state index is 12.3. The van der Waals surface area contributed by atoms with Gasteiger partial charge in [-0.3, -0.25) is 14.5 Å². The van der Waals surface area contributed by atoms with E-state index in [0.717, 1.165) is 19.3 Å². The fourth-order valence-corrected chi connectivity index (χ4v) is 5.07. The van der Waals surface area contributed by atoms with Gasteiger partial charge < -0.3 is 0 Å². The summed E-state index contributed by atoms with van der Waals surface area (Å²) in [6.07, 6.45) is 29.1. The number of unbranched alkanes of at least 4 members (excludes halogenated alkanes) is 17. The van der Waals surface area contributed by atoms with E-state index < -0.39 is 0 Å². The molecule has 0 aromatic heterocycles. The van der Waals surface area contributed by atoms with Crippen LogP contribution in [0.4, 0.5) is 0 Å². The molecule has 1 rings (SSSR count). The Morgan fingerprint density at radius 2 is 1.06 bits per heavy atom. The molecule has 3 heteroatoms. The molecule has 0 saturated carbocycles. The lowest BCUT2D eigenvalue weighted by molar-refractivity contribution is -0.140. The smallest absolute Gasteiger partial charge is 0.230 e. The number of carbonyl (C=O) groups is 2. The first kappa shape index (κ1) is 29.9. The van der Waals surface area contributed by atoms with Crippen molar-refractivity contribution in [2.24, 2.45) is 0 Å². The minimum atomic E-state index is -0.00361. The summed E-state index contributed by atoms with van der Waals surface area (Å²) in [6, 6.07) is -0.00361. The van der Waals surface area contributed by atoms with Crippen LogP contribution >= 0.6 is 0 Å². The van der Waals surface area contributed by atoms with Crippen molar-refractivity contribution in [3.05, 3.63) is 11.6 Å². The molecule has 192 valence electrons. The van der Waals surface area contributed by atoms with E-state index in [9.17, 15) is 9.59 Å². The van der Waals surface area contributed by atoms with Gasteiger partial charge in [-0.15, -0.1) is 0 Å². The van der Waals surface area contributed by atoms with Crippen LogP contribution in [0.1, 0.15) is 162 Å². The molecular weight excluding hydrogens is 406 g/mol. The van der Waals surface area contributed by atoms with Gasteiger partial charge in [-0.1, -0.05) is 135 Å². The van der Waals surface area contributed by atoms with Crippen LogP contribution in [0, 0.1) is 0 Å². The average Bonchev–Trinajstić information content (AvgIpc) is 3.14. The largest absolute Gasteiger partial charge is 0.275 e. The molecule has 1 saturated heterocycles. The summed E-state index contributed by atoms with van der Waals surface area (Å²) in [5.74, 6) is 0.0690. The maximum atomic E-state index is 12.3. The third-order valence-electron chi connectivity index (χ3n) is 7.28. The molecule has 1 fully saturated rings. The second-order valence-electron chi connectivity index (χ2n) is 10.4. The van der Waals surface area contributed by atoms with E-state index in [2.05, 4.69) is 26.8 Å². The zero-order valence-electron chi connectivity index (χ0n) is 22.5. The van der Waals surface area contributed by atoms with Gasteiger partial charge in [0.05, 0.1) is 6.04 Å². The van der Waals surface area contributed by atoms with Crippen molar-refractivity contribution in [3.8, 4) is 0 Å². The van der Waals surface area contributed by atoms with Gasteiger partial charge in [-0.05, 0) is 26.2 Å². The van der Waals surface area contributed by atoms with Crippen molar-refractivity contribution in [2.45, 2.75) is 168 Å². The lowest BCUT2D eigenvalue weighted by atomic mass is 9.97. The first-order valence-corrected chi connectivity index (χ1v) is 14.6. The highest BCUT2D eigenvalue weighted by atomic mass is 16.2. The lowest BCUT2D eigenvalue weighted by Gasteiger charge is -2.27. The molecule has 0 N–H and O–H groups in total. The van der Waals surface area contributed by atoms with E-state index in [1.807, 2.05) is 0 Å². The summed E-state index contributed by atoms with van der Waals surface area (Å²) < 4.78 is 0. The molecule has 1 heterocycles. The zero-order chi connectivity index (χ0) is 24.2. The number of imide groups is 1. The fourth-order valence-electron chi connectivity index (χ4n) is 5.07. The van der Waals surface area contributed by atoms with Crippen molar-refractivity contribution in [2.75, 3.05) is 0 Å². The second kappa shape index (κ2) is 20.3. The minimum absolute atomic E-state index is 0.00361. The molecule has 1 aliphatic heterocycles. The van der Waals surface area contributed by atoms with Gasteiger partial charge in [0.25, 0.3) is 0 Å². The Bertz CT molecular complexity index is 523. The summed E-state index contributed by atoms with van der Waals surface area (Å²) in [4.78, 5) is 26.3. The number of likely N-dealkylation sites (tertiary alicyclic amines) is 1. The molecule has 2 amide bonds. The molecule has 0 spiro atoms. The first-order valence-electron chi connectivity index (χ1n) is 14.6. The molecule has 0 aromatic carbocycles. The molecular formula is C30H55NO2. The zero-order valence-corrected chi connectivity index (χ0v) is 22.5. The average molecular weight is 462 g/mol. The van der Waals surface area contributed by atoms with Crippen LogP contribution in [0.3, 0.4) is 0 Å². The van der Waals surface area contributed by atoms with Gasteiger partial charge in [0.15, 0.2) is 0 Å². The second-order valence-corrected chi connectivity index (χ2v) is 10.4. The quantitative estimate of drug-likeness (QED) is 0.0914. The molecule has 0 aromatic rings. The van der Waals surface area contributed by atoms with Gasteiger partial charge in [0.2, 0.25) is 11.8 Å². The molecule has 1 aliphatic rings. The van der Waals surface area contributed by atoms with E-state index in [-0.39, 0.29) is 17.9 Å². The predicted molar refractivity (Wildman–Crippen MR) is 142 cm³/mol. The number of hydrogen-bond acceptors (Lipinski definition) is 2. The number of rotatable bonds is 22. The fraction of sp³-hybridized carbons (Fsp3) is 0.867. The van der Waals surface area contributed by atoms with Gasteiger partial charge in [-0.25, -0.2) is 0 Å². The van der Waals surface area contributed by atoms with Crippen LogP contribution in [-0.4, -0.2) is 22.8 Å². The van der Waals surface area contributed by atoms with Gasteiger partial charge >= 0.3 is 0 Å². The van der Waals surface area contributed by atoms with Crippen LogP contribution in [0.15, 0.2) is 11.6 Å². The van der Waals surface area contributed by atoms with Crippen molar-refractivity contribution in [3.63, 3.8) is 0 Å². The highest BCUT2D eigenvalue weighted by Crippen LogP contribution is 2.25. The van der Waals surface area contributed by atoms with Crippen LogP contribution in [-0.2, 0) is 9.59 Å². The normalized spacial score (nSPS) is 15.6. The standard InChI is InChI=1S/C30H55NO2/c1-4-6-8-10-11-12-13-14-15-16-17-18-20-21-23-27(3)28(24-22-19-9-7-5-2)31-29(32)25-26-30(31)33/h23,28H,4-22,24-26H2,1-3H3. The van der Waals surface area contributed by atoms with Crippen molar-refractivity contribution >= 4 is 11.8 Å². The Balaban J connectivity index is 2.21. The molecule has 1 unspecified atom stereocenters. The van der Waals surface area contributed by atoms with Crippen LogP contribution in [0.25, 0.3) is 0 Å². The first-order chi connectivity index (χ1) is 16.1. The lowest BCUT2D eigenvalue weighted by Crippen LogP contribution is -2.40. The molecule has 33 heavy (non-hydrogen) atoms. The topological polar surface area (TPSA) is 37.4 Å². The third-order valence-corrected chi connectivity index (χ3v) is 7.28. The van der Waals surface area contributed by atoms with Crippen LogP contribution < -0.4 is 0 Å². The summed E-state index contributed by atoms with van der Waals surface area (Å²) in [5, 5.41) is 0. The Morgan fingerprint density at radius 3 is 1.52 bits per heavy atom.